The topological polar surface area (TPSA) is 113 Å². The number of rotatable bonds is 4. The van der Waals surface area contributed by atoms with Gasteiger partial charge >= 0.3 is 5.97 Å². The van der Waals surface area contributed by atoms with E-state index in [1.54, 1.807) is 0 Å². The maximum absolute atomic E-state index is 12.8. The number of nitro benzene ring substituents is 2. The summed E-state index contributed by atoms with van der Waals surface area (Å²) in [7, 11) is 0. The molecule has 0 spiro atoms. The minimum atomic E-state index is -0.805. The van der Waals surface area contributed by atoms with Crippen LogP contribution in [0.25, 0.3) is 0 Å². The van der Waals surface area contributed by atoms with Crippen LogP contribution in [0.4, 0.5) is 11.4 Å². The third-order valence-corrected chi connectivity index (χ3v) is 6.04. The predicted octanol–water partition coefficient (Wildman–Crippen LogP) is 5.13. The third-order valence-electron chi connectivity index (χ3n) is 6.04. The van der Waals surface area contributed by atoms with E-state index < -0.39 is 33.3 Å². The van der Waals surface area contributed by atoms with Crippen molar-refractivity contribution in [2.24, 2.45) is 11.3 Å². The summed E-state index contributed by atoms with van der Waals surface area (Å²) in [4.78, 5) is 33.4. The first kappa shape index (κ1) is 20.7. The Balaban J connectivity index is 1.90. The summed E-state index contributed by atoms with van der Waals surface area (Å²) in [5.74, 6) is -0.502. The second-order valence-corrected chi connectivity index (χ2v) is 8.57. The van der Waals surface area contributed by atoms with Gasteiger partial charge in [-0.25, -0.2) is 4.79 Å². The summed E-state index contributed by atoms with van der Waals surface area (Å²) in [5, 5.41) is 22.2. The molecule has 0 radical (unpaired) electrons. The van der Waals surface area contributed by atoms with E-state index >= 15 is 0 Å². The lowest BCUT2D eigenvalue weighted by Crippen LogP contribution is -2.33. The molecule has 2 aliphatic rings. The van der Waals surface area contributed by atoms with Crippen molar-refractivity contribution in [3.8, 4) is 0 Å². The highest BCUT2D eigenvalue weighted by atomic mass is 16.6. The van der Waals surface area contributed by atoms with Crippen LogP contribution in [-0.4, -0.2) is 21.9 Å². The fraction of sp³-hybridized carbons (Fsp3) is 0.476. The summed E-state index contributed by atoms with van der Waals surface area (Å²) in [6.45, 7) is 10.4. The van der Waals surface area contributed by atoms with Crippen molar-refractivity contribution < 1.29 is 19.4 Å². The summed E-state index contributed by atoms with van der Waals surface area (Å²) in [6.07, 6.45) is 2.86. The molecule has 1 saturated carbocycles. The molecule has 0 bridgehead atoms. The van der Waals surface area contributed by atoms with Crippen molar-refractivity contribution in [2.45, 2.75) is 52.6 Å². The summed E-state index contributed by atoms with van der Waals surface area (Å²) in [6, 6.07) is 2.84. The highest BCUT2D eigenvalue weighted by Crippen LogP contribution is 2.49. The fourth-order valence-corrected chi connectivity index (χ4v) is 4.30. The molecule has 0 aromatic heterocycles. The molecule has 8 heteroatoms. The molecular weight excluding hydrogens is 376 g/mol. The van der Waals surface area contributed by atoms with E-state index in [0.717, 1.165) is 43.0 Å². The Kier molecular flexibility index (Phi) is 5.30. The molecule has 1 aromatic rings. The summed E-state index contributed by atoms with van der Waals surface area (Å²) in [5.41, 5.74) is 2.14. The van der Waals surface area contributed by atoms with E-state index in [1.807, 2.05) is 13.8 Å². The SMILES string of the molecule is C=C1C[C@H](OC(=O)c2cc([N+](=O)[O-])cc([N+](=O)[O-])c2)C(C)(C)CC2=C(C)CC[C@H]12. The molecule has 1 aromatic carbocycles. The van der Waals surface area contributed by atoms with E-state index in [2.05, 4.69) is 13.5 Å². The number of esters is 1. The number of allylic oxidation sites excluding steroid dienone is 2. The second-order valence-electron chi connectivity index (χ2n) is 8.57. The molecule has 0 heterocycles. The van der Waals surface area contributed by atoms with Crippen LogP contribution in [0.3, 0.4) is 0 Å². The average Bonchev–Trinajstić information content (AvgIpc) is 2.96. The quantitative estimate of drug-likeness (QED) is 0.300. The van der Waals surface area contributed by atoms with Gasteiger partial charge in [0.1, 0.15) is 6.10 Å². The average molecular weight is 400 g/mol. The van der Waals surface area contributed by atoms with Gasteiger partial charge in [-0.05, 0) is 26.2 Å². The molecule has 0 unspecified atom stereocenters. The molecule has 0 aliphatic heterocycles. The molecular formula is C21H24N2O6. The lowest BCUT2D eigenvalue weighted by atomic mass is 9.80. The van der Waals surface area contributed by atoms with Crippen molar-refractivity contribution in [2.75, 3.05) is 0 Å². The largest absolute Gasteiger partial charge is 0.458 e. The number of hydrogen-bond acceptors (Lipinski definition) is 6. The van der Waals surface area contributed by atoms with Gasteiger partial charge in [0.15, 0.2) is 0 Å². The van der Waals surface area contributed by atoms with Crippen molar-refractivity contribution >= 4 is 17.3 Å². The second kappa shape index (κ2) is 7.42. The van der Waals surface area contributed by atoms with Gasteiger partial charge in [0, 0.05) is 29.9 Å². The standard InChI is InChI=1S/C21H24N2O6/c1-12-5-6-17-13(2)7-19(21(3,4)11-18(12)17)29-20(24)14-8-15(22(25)26)10-16(9-14)23(27)28/h8-10,17,19H,2,5-7,11H2,1,3-4H3/t17-,19+/m1/s1. The molecule has 3 rings (SSSR count). The van der Waals surface area contributed by atoms with E-state index in [9.17, 15) is 25.0 Å². The van der Waals surface area contributed by atoms with Crippen molar-refractivity contribution in [1.29, 1.82) is 0 Å². The zero-order chi connectivity index (χ0) is 21.5. The molecule has 2 atom stereocenters. The summed E-state index contributed by atoms with van der Waals surface area (Å²) < 4.78 is 5.75. The molecule has 2 aliphatic carbocycles. The molecule has 1 fully saturated rings. The third kappa shape index (κ3) is 4.06. The van der Waals surface area contributed by atoms with Gasteiger partial charge in [-0.3, -0.25) is 20.2 Å². The highest BCUT2D eigenvalue weighted by Gasteiger charge is 2.42. The first-order chi connectivity index (χ1) is 13.5. The number of non-ortho nitro benzene ring substituents is 2. The Hall–Kier alpha value is -3.03. The van der Waals surface area contributed by atoms with Gasteiger partial charge in [0.25, 0.3) is 11.4 Å². The van der Waals surface area contributed by atoms with Crippen LogP contribution in [0.2, 0.25) is 0 Å². The molecule has 29 heavy (non-hydrogen) atoms. The molecule has 0 N–H and O–H groups in total. The Morgan fingerprint density at radius 2 is 1.76 bits per heavy atom. The van der Waals surface area contributed by atoms with Crippen LogP contribution < -0.4 is 0 Å². The van der Waals surface area contributed by atoms with Crippen molar-refractivity contribution in [3.63, 3.8) is 0 Å². The smallest absolute Gasteiger partial charge is 0.338 e. The molecule has 0 saturated heterocycles. The number of carbonyl (C=O) groups excluding carboxylic acids is 1. The van der Waals surface area contributed by atoms with Gasteiger partial charge in [-0.15, -0.1) is 0 Å². The number of carbonyl (C=O) groups is 1. The fourth-order valence-electron chi connectivity index (χ4n) is 4.30. The lowest BCUT2D eigenvalue weighted by Gasteiger charge is -2.32. The monoisotopic (exact) mass is 400 g/mol. The Morgan fingerprint density at radius 1 is 1.17 bits per heavy atom. The minimum absolute atomic E-state index is 0.202. The number of fused-ring (bicyclic) bond motifs is 1. The normalized spacial score (nSPS) is 23.3. The number of nitrogens with zero attached hydrogens (tertiary/aromatic N) is 2. The number of nitro groups is 2. The van der Waals surface area contributed by atoms with E-state index in [4.69, 9.17) is 4.74 Å². The number of ether oxygens (including phenoxy) is 1. The Labute approximate surface area is 168 Å². The zero-order valence-corrected chi connectivity index (χ0v) is 16.8. The van der Waals surface area contributed by atoms with Crippen LogP contribution in [0.15, 0.2) is 41.5 Å². The lowest BCUT2D eigenvalue weighted by molar-refractivity contribution is -0.394. The van der Waals surface area contributed by atoms with Crippen molar-refractivity contribution in [1.82, 2.24) is 0 Å². The van der Waals surface area contributed by atoms with E-state index in [0.29, 0.717) is 12.3 Å². The Bertz CT molecular complexity index is 914. The molecule has 154 valence electrons. The van der Waals surface area contributed by atoms with E-state index in [-0.39, 0.29) is 11.0 Å². The predicted molar refractivity (Wildman–Crippen MR) is 107 cm³/mol. The van der Waals surface area contributed by atoms with Gasteiger partial charge in [0.05, 0.1) is 21.5 Å². The van der Waals surface area contributed by atoms with Gasteiger partial charge in [-0.2, -0.15) is 0 Å². The van der Waals surface area contributed by atoms with Crippen molar-refractivity contribution in [3.05, 3.63) is 67.3 Å². The number of hydrogen-bond donors (Lipinski definition) is 0. The molecule has 8 nitrogen and oxygen atoms in total. The van der Waals surface area contributed by atoms with Crippen LogP contribution in [0.5, 0.6) is 0 Å². The number of benzene rings is 1. The van der Waals surface area contributed by atoms with Gasteiger partial charge in [0.2, 0.25) is 0 Å². The van der Waals surface area contributed by atoms with Crippen LogP contribution in [0, 0.1) is 31.6 Å². The van der Waals surface area contributed by atoms with Gasteiger partial charge < -0.3 is 4.74 Å². The Morgan fingerprint density at radius 3 is 2.31 bits per heavy atom. The maximum Gasteiger partial charge on any atom is 0.338 e. The van der Waals surface area contributed by atoms with Crippen LogP contribution in [0.1, 0.15) is 56.8 Å². The summed E-state index contributed by atoms with van der Waals surface area (Å²) >= 11 is 0. The van der Waals surface area contributed by atoms with Crippen LogP contribution >= 0.6 is 0 Å². The maximum atomic E-state index is 12.8. The first-order valence-electron chi connectivity index (χ1n) is 9.50. The zero-order valence-electron chi connectivity index (χ0n) is 16.8. The van der Waals surface area contributed by atoms with Gasteiger partial charge in [-0.1, -0.05) is 37.1 Å². The minimum Gasteiger partial charge on any atom is -0.458 e. The first-order valence-corrected chi connectivity index (χ1v) is 9.50. The molecule has 0 amide bonds. The van der Waals surface area contributed by atoms with Crippen LogP contribution in [-0.2, 0) is 4.74 Å². The highest BCUT2D eigenvalue weighted by molar-refractivity contribution is 5.91. The van der Waals surface area contributed by atoms with E-state index in [1.165, 1.54) is 11.1 Å².